The Morgan fingerprint density at radius 2 is 2.00 bits per heavy atom. The summed E-state index contributed by atoms with van der Waals surface area (Å²) in [7, 11) is -4.19. The first kappa shape index (κ1) is 9.90. The molecular weight excluding hydrogens is 176 g/mol. The van der Waals surface area contributed by atoms with Crippen molar-refractivity contribution in [2.75, 3.05) is 0 Å². The lowest BCUT2D eigenvalue weighted by Gasteiger charge is -2.12. The van der Waals surface area contributed by atoms with Crippen LogP contribution >= 0.6 is 0 Å². The number of hydrogen-bond donors (Lipinski definition) is 4. The van der Waals surface area contributed by atoms with Crippen molar-refractivity contribution in [3.05, 3.63) is 0 Å². The fourth-order valence-electron chi connectivity index (χ4n) is 0.207. The molecule has 0 heterocycles. The van der Waals surface area contributed by atoms with Gasteiger partial charge in [0, 0.05) is 0 Å². The lowest BCUT2D eigenvalue weighted by Crippen LogP contribution is -2.45. The molecule has 0 aliphatic rings. The highest BCUT2D eigenvalue weighted by molar-refractivity contribution is 7.84. The zero-order chi connectivity index (χ0) is 9.07. The molecule has 0 rings (SSSR count). The summed E-state index contributed by atoms with van der Waals surface area (Å²) in [5.74, 6) is 8.92. The van der Waals surface area contributed by atoms with E-state index in [1.54, 1.807) is 0 Å². The van der Waals surface area contributed by atoms with E-state index in [9.17, 15) is 8.42 Å². The second-order valence-corrected chi connectivity index (χ2v) is 2.52. The van der Waals surface area contributed by atoms with Gasteiger partial charge in [0.1, 0.15) is 0 Å². The minimum atomic E-state index is -4.19. The summed E-state index contributed by atoms with van der Waals surface area (Å²) in [5, 5.41) is 7.35. The molecule has 0 amide bonds. The number of rotatable bonds is 2. The Morgan fingerprint density at radius 1 is 1.55 bits per heavy atom. The zero-order valence-electron chi connectivity index (χ0n) is 5.34. The molecule has 0 bridgehead atoms. The number of hydrazine groups is 1. The van der Waals surface area contributed by atoms with Crippen LogP contribution < -0.4 is 22.6 Å². The van der Waals surface area contributed by atoms with E-state index < -0.39 is 16.3 Å². The molecule has 9 nitrogen and oxygen atoms in total. The molecule has 0 aliphatic heterocycles. The largest absolute Gasteiger partial charge is 0.365 e. The molecule has 11 heavy (non-hydrogen) atoms. The first-order valence-corrected chi connectivity index (χ1v) is 3.64. The van der Waals surface area contributed by atoms with Crippen molar-refractivity contribution < 1.29 is 12.7 Å². The van der Waals surface area contributed by atoms with Gasteiger partial charge in [-0.1, -0.05) is 0 Å². The topological polar surface area (TPSA) is 163 Å². The molecular formula is CH8N6O3S. The van der Waals surface area contributed by atoms with Gasteiger partial charge >= 0.3 is 10.3 Å². The molecule has 0 atom stereocenters. The Balaban J connectivity index is 4.21. The SMILES string of the molecule is N/N=C(\N)N(N)OS(N)(=O)=O. The third kappa shape index (κ3) is 4.32. The van der Waals surface area contributed by atoms with E-state index in [0.29, 0.717) is 0 Å². The van der Waals surface area contributed by atoms with E-state index in [1.165, 1.54) is 0 Å². The lowest BCUT2D eigenvalue weighted by atomic mass is 11.1. The second-order valence-electron chi connectivity index (χ2n) is 1.38. The van der Waals surface area contributed by atoms with Crippen LogP contribution in [0.2, 0.25) is 0 Å². The van der Waals surface area contributed by atoms with Crippen LogP contribution in [0.5, 0.6) is 0 Å². The number of nitrogens with zero attached hydrogens (tertiary/aromatic N) is 2. The smallest absolute Gasteiger partial charge is 0.355 e. The number of hydrogen-bond acceptors (Lipinski definition) is 6. The molecule has 10 heteroatoms. The molecule has 0 saturated carbocycles. The fraction of sp³-hybridized carbons (Fsp3) is 0. The summed E-state index contributed by atoms with van der Waals surface area (Å²) in [6.45, 7) is 0. The van der Waals surface area contributed by atoms with Crippen LogP contribution in [0.3, 0.4) is 0 Å². The Labute approximate surface area is 62.7 Å². The molecule has 0 unspecified atom stereocenters. The average molecular weight is 184 g/mol. The standard InChI is InChI=1S/CH8N6O3S/c2-1(6-3)7(4)10-11(5,8)9/h3-4H2,(H2,2,6)(H2,5,8,9). The summed E-state index contributed by atoms with van der Waals surface area (Å²) in [6.07, 6.45) is 0. The van der Waals surface area contributed by atoms with Crippen LogP contribution in [0.1, 0.15) is 0 Å². The van der Waals surface area contributed by atoms with Crippen molar-refractivity contribution >= 4 is 16.3 Å². The first-order chi connectivity index (χ1) is 4.87. The highest BCUT2D eigenvalue weighted by atomic mass is 32.2. The van der Waals surface area contributed by atoms with Crippen LogP contribution in [0.25, 0.3) is 0 Å². The van der Waals surface area contributed by atoms with E-state index in [1.807, 2.05) is 0 Å². The van der Waals surface area contributed by atoms with Gasteiger partial charge in [-0.25, -0.2) is 11.0 Å². The third-order valence-corrected chi connectivity index (χ3v) is 0.911. The molecule has 0 aromatic heterocycles. The van der Waals surface area contributed by atoms with Gasteiger partial charge in [0.05, 0.1) is 0 Å². The van der Waals surface area contributed by atoms with Gasteiger partial charge in [-0.05, 0) is 0 Å². The number of nitrogens with two attached hydrogens (primary N) is 4. The molecule has 0 spiro atoms. The van der Waals surface area contributed by atoms with Gasteiger partial charge in [0.15, 0.2) is 0 Å². The summed E-state index contributed by atoms with van der Waals surface area (Å²) in [4.78, 5) is 0. The van der Waals surface area contributed by atoms with Gasteiger partial charge < -0.3 is 11.6 Å². The van der Waals surface area contributed by atoms with Crippen LogP contribution in [-0.2, 0) is 14.6 Å². The van der Waals surface area contributed by atoms with Gasteiger partial charge in [-0.3, -0.25) is 0 Å². The maximum Gasteiger partial charge on any atom is 0.355 e. The third-order valence-electron chi connectivity index (χ3n) is 0.542. The number of guanidine groups is 1. The molecule has 0 fully saturated rings. The van der Waals surface area contributed by atoms with Gasteiger partial charge in [-0.15, -0.1) is 14.6 Å². The lowest BCUT2D eigenvalue weighted by molar-refractivity contribution is 0.0249. The fourth-order valence-corrected chi connectivity index (χ4v) is 0.507. The molecule has 0 saturated heterocycles. The molecule has 0 aliphatic carbocycles. The quantitative estimate of drug-likeness (QED) is 0.149. The Morgan fingerprint density at radius 3 is 2.27 bits per heavy atom. The van der Waals surface area contributed by atoms with E-state index in [-0.39, 0.29) is 5.17 Å². The number of hydrazone groups is 1. The molecule has 0 aromatic carbocycles. The van der Waals surface area contributed by atoms with E-state index in [4.69, 9.17) is 11.6 Å². The highest BCUT2D eigenvalue weighted by Gasteiger charge is 2.10. The van der Waals surface area contributed by atoms with E-state index in [0.717, 1.165) is 0 Å². The Hall–Kier alpha value is -1.10. The summed E-state index contributed by atoms with van der Waals surface area (Å²) >= 11 is 0. The molecule has 66 valence electrons. The second kappa shape index (κ2) is 3.34. The normalized spacial score (nSPS) is 13.1. The van der Waals surface area contributed by atoms with Crippen molar-refractivity contribution in [3.63, 3.8) is 0 Å². The molecule has 8 N–H and O–H groups in total. The molecule has 0 radical (unpaired) electrons. The zero-order valence-corrected chi connectivity index (χ0v) is 6.15. The summed E-state index contributed by atoms with van der Waals surface area (Å²) < 4.78 is 24.1. The van der Waals surface area contributed by atoms with Crippen molar-refractivity contribution in [3.8, 4) is 0 Å². The Kier molecular flexibility index (Phi) is 3.00. The predicted octanol–water partition coefficient (Wildman–Crippen LogP) is -3.51. The van der Waals surface area contributed by atoms with Crippen LogP contribution in [0, 0.1) is 0 Å². The van der Waals surface area contributed by atoms with Crippen molar-refractivity contribution in [2.24, 2.45) is 27.7 Å². The van der Waals surface area contributed by atoms with E-state index in [2.05, 4.69) is 20.4 Å². The van der Waals surface area contributed by atoms with Crippen molar-refractivity contribution in [1.29, 1.82) is 0 Å². The summed E-state index contributed by atoms with van der Waals surface area (Å²) in [5.41, 5.74) is 4.90. The van der Waals surface area contributed by atoms with Crippen molar-refractivity contribution in [1.82, 2.24) is 5.17 Å². The Bertz CT molecular complexity index is 243. The van der Waals surface area contributed by atoms with Crippen molar-refractivity contribution in [2.45, 2.75) is 0 Å². The minimum absolute atomic E-state index is 0.120. The number of hydroxylamine groups is 1. The van der Waals surface area contributed by atoms with E-state index >= 15 is 0 Å². The van der Waals surface area contributed by atoms with Gasteiger partial charge in [0.2, 0.25) is 0 Å². The van der Waals surface area contributed by atoms with Crippen LogP contribution in [-0.4, -0.2) is 19.5 Å². The van der Waals surface area contributed by atoms with Gasteiger partial charge in [0.25, 0.3) is 5.96 Å². The summed E-state index contributed by atoms with van der Waals surface area (Å²) in [6, 6.07) is 0. The minimum Gasteiger partial charge on any atom is -0.365 e. The predicted molar refractivity (Wildman–Crippen MR) is 36.0 cm³/mol. The first-order valence-electron chi connectivity index (χ1n) is 2.17. The van der Waals surface area contributed by atoms with Crippen LogP contribution in [0.4, 0.5) is 0 Å². The average Bonchev–Trinajstić information content (AvgIpc) is 1.82. The van der Waals surface area contributed by atoms with Crippen LogP contribution in [0.15, 0.2) is 5.10 Å². The monoisotopic (exact) mass is 184 g/mol. The highest BCUT2D eigenvalue weighted by Crippen LogP contribution is 1.84. The maximum absolute atomic E-state index is 10.1. The van der Waals surface area contributed by atoms with Gasteiger partial charge in [-0.2, -0.15) is 8.42 Å². The maximum atomic E-state index is 10.1. The molecule has 0 aromatic rings.